The second-order valence-electron chi connectivity index (χ2n) is 9.27. The van der Waals surface area contributed by atoms with Crippen LogP contribution in [0.25, 0.3) is 10.9 Å². The van der Waals surface area contributed by atoms with E-state index in [-0.39, 0.29) is 6.54 Å². The number of piperazine rings is 1. The lowest BCUT2D eigenvalue weighted by Gasteiger charge is -2.32. The van der Waals surface area contributed by atoms with Crippen molar-refractivity contribution >= 4 is 28.5 Å². The molecular weight excluding hydrogens is 435 g/mol. The molecule has 3 aromatic heterocycles. The molecule has 0 radical (unpaired) electrons. The first-order valence-corrected chi connectivity index (χ1v) is 11.8. The van der Waals surface area contributed by atoms with Crippen molar-refractivity contribution in [2.75, 3.05) is 56.5 Å². The van der Waals surface area contributed by atoms with E-state index in [1.54, 1.807) is 19.2 Å². The van der Waals surface area contributed by atoms with E-state index in [1.165, 1.54) is 5.56 Å². The monoisotopic (exact) mass is 466 g/mol. The number of fused-ring (bicyclic) bond motifs is 1. The quantitative estimate of drug-likeness (QED) is 0.568. The number of likely N-dealkylation sites (N-methyl/N-ethyl adjacent to an activating group) is 1. The van der Waals surface area contributed by atoms with Crippen LogP contribution in [0.15, 0.2) is 30.6 Å². The second kappa shape index (κ2) is 9.73. The number of aliphatic hydroxyl groups is 1. The highest BCUT2D eigenvalue weighted by Gasteiger charge is 2.26. The molecule has 2 saturated heterocycles. The Kier molecular flexibility index (Phi) is 6.53. The Bertz CT molecular complexity index is 1130. The van der Waals surface area contributed by atoms with Gasteiger partial charge in [-0.1, -0.05) is 6.07 Å². The van der Waals surface area contributed by atoms with Gasteiger partial charge in [-0.3, -0.25) is 4.90 Å². The van der Waals surface area contributed by atoms with Crippen LogP contribution in [0.5, 0.6) is 0 Å². The number of nitrogens with zero attached hydrogens (tertiary/aromatic N) is 7. The maximum atomic E-state index is 13.9. The smallest absolute Gasteiger partial charge is 0.229 e. The van der Waals surface area contributed by atoms with Crippen molar-refractivity contribution in [3.05, 3.63) is 41.9 Å². The SMILES string of the molecule is CC(O)c1cc2cnc(Nc3ccc(CN4CCN(C)CC4)cn3)nc2c(N2CC[C@@H](F)C2)n1. The van der Waals surface area contributed by atoms with Crippen LogP contribution >= 0.6 is 0 Å². The molecule has 9 nitrogen and oxygen atoms in total. The van der Waals surface area contributed by atoms with Crippen LogP contribution in [-0.4, -0.2) is 87.3 Å². The summed E-state index contributed by atoms with van der Waals surface area (Å²) in [5.41, 5.74) is 2.32. The summed E-state index contributed by atoms with van der Waals surface area (Å²) in [6.45, 7) is 7.69. The predicted molar refractivity (Wildman–Crippen MR) is 130 cm³/mol. The fourth-order valence-electron chi connectivity index (χ4n) is 4.42. The van der Waals surface area contributed by atoms with Gasteiger partial charge < -0.3 is 20.2 Å². The first kappa shape index (κ1) is 22.8. The minimum Gasteiger partial charge on any atom is -0.387 e. The molecule has 2 aliphatic rings. The van der Waals surface area contributed by atoms with Crippen LogP contribution in [0, 0.1) is 0 Å². The number of hydrogen-bond acceptors (Lipinski definition) is 9. The Labute approximate surface area is 198 Å². The van der Waals surface area contributed by atoms with E-state index < -0.39 is 12.3 Å². The number of rotatable bonds is 6. The van der Waals surface area contributed by atoms with Gasteiger partial charge in [0.15, 0.2) is 5.82 Å². The molecule has 0 amide bonds. The number of aromatic nitrogens is 4. The molecule has 180 valence electrons. The molecule has 1 unspecified atom stereocenters. The summed E-state index contributed by atoms with van der Waals surface area (Å²) in [6, 6.07) is 5.78. The van der Waals surface area contributed by atoms with Crippen LogP contribution < -0.4 is 10.2 Å². The van der Waals surface area contributed by atoms with E-state index in [2.05, 4.69) is 48.2 Å². The van der Waals surface area contributed by atoms with Crippen LogP contribution in [0.1, 0.15) is 30.7 Å². The van der Waals surface area contributed by atoms with Gasteiger partial charge in [-0.05, 0) is 38.1 Å². The summed E-state index contributed by atoms with van der Waals surface area (Å²) in [6.07, 6.45) is 2.42. The maximum Gasteiger partial charge on any atom is 0.229 e. The van der Waals surface area contributed by atoms with Gasteiger partial charge >= 0.3 is 0 Å². The standard InChI is InChI=1S/C24H31FN8O/c1-16(34)20-11-18-13-27-24(30-22(18)23(28-20)33-6-5-19(25)15-33)29-21-4-3-17(12-26-21)14-32-9-7-31(2)8-10-32/h3-4,11-13,16,19,34H,5-10,14-15H2,1-2H3,(H,26,27,29,30)/t16?,19-/m1/s1. The Morgan fingerprint density at radius 2 is 1.94 bits per heavy atom. The third-order valence-electron chi connectivity index (χ3n) is 6.49. The zero-order valence-electron chi connectivity index (χ0n) is 19.7. The molecule has 0 spiro atoms. The average Bonchev–Trinajstić information content (AvgIpc) is 3.27. The molecule has 2 atom stereocenters. The summed E-state index contributed by atoms with van der Waals surface area (Å²) >= 11 is 0. The number of aliphatic hydroxyl groups excluding tert-OH is 1. The zero-order chi connectivity index (χ0) is 23.7. The molecule has 2 fully saturated rings. The van der Waals surface area contributed by atoms with E-state index in [0.717, 1.165) is 38.1 Å². The van der Waals surface area contributed by atoms with Gasteiger partial charge in [0.1, 0.15) is 17.5 Å². The minimum absolute atomic E-state index is 0.272. The van der Waals surface area contributed by atoms with E-state index in [0.29, 0.717) is 41.8 Å². The van der Waals surface area contributed by atoms with Crippen molar-refractivity contribution in [2.45, 2.75) is 32.2 Å². The van der Waals surface area contributed by atoms with Crippen LogP contribution in [-0.2, 0) is 6.54 Å². The Hall–Kier alpha value is -2.95. The zero-order valence-corrected chi connectivity index (χ0v) is 19.7. The lowest BCUT2D eigenvalue weighted by molar-refractivity contribution is 0.148. The molecule has 0 bridgehead atoms. The van der Waals surface area contributed by atoms with E-state index in [4.69, 9.17) is 0 Å². The van der Waals surface area contributed by atoms with Crippen molar-refractivity contribution in [3.8, 4) is 0 Å². The average molecular weight is 467 g/mol. The fraction of sp³-hybridized carbons (Fsp3) is 0.500. The minimum atomic E-state index is -0.889. The van der Waals surface area contributed by atoms with Crippen molar-refractivity contribution in [2.24, 2.45) is 0 Å². The van der Waals surface area contributed by atoms with E-state index in [9.17, 15) is 9.50 Å². The molecule has 2 aliphatic heterocycles. The molecule has 10 heteroatoms. The number of anilines is 3. The van der Waals surface area contributed by atoms with Crippen LogP contribution in [0.4, 0.5) is 22.0 Å². The summed E-state index contributed by atoms with van der Waals surface area (Å²) in [7, 11) is 2.15. The van der Waals surface area contributed by atoms with Gasteiger partial charge in [-0.2, -0.15) is 0 Å². The van der Waals surface area contributed by atoms with Gasteiger partial charge in [-0.25, -0.2) is 24.3 Å². The number of nitrogens with one attached hydrogen (secondary N) is 1. The van der Waals surface area contributed by atoms with Crippen molar-refractivity contribution in [3.63, 3.8) is 0 Å². The number of pyridine rings is 2. The molecular formula is C24H31FN8O. The highest BCUT2D eigenvalue weighted by molar-refractivity contribution is 5.89. The molecule has 0 saturated carbocycles. The van der Waals surface area contributed by atoms with Gasteiger partial charge in [0.05, 0.1) is 18.3 Å². The molecule has 0 aromatic carbocycles. The van der Waals surface area contributed by atoms with Crippen molar-refractivity contribution < 1.29 is 9.50 Å². The Morgan fingerprint density at radius 3 is 2.62 bits per heavy atom. The van der Waals surface area contributed by atoms with E-state index in [1.807, 2.05) is 17.2 Å². The molecule has 3 aromatic rings. The first-order chi connectivity index (χ1) is 16.4. The van der Waals surface area contributed by atoms with Crippen molar-refractivity contribution in [1.29, 1.82) is 0 Å². The van der Waals surface area contributed by atoms with Crippen LogP contribution in [0.3, 0.4) is 0 Å². The van der Waals surface area contributed by atoms with Gasteiger partial charge in [0.25, 0.3) is 0 Å². The molecule has 5 rings (SSSR count). The maximum absolute atomic E-state index is 13.9. The highest BCUT2D eigenvalue weighted by atomic mass is 19.1. The van der Waals surface area contributed by atoms with Gasteiger partial charge in [-0.15, -0.1) is 0 Å². The van der Waals surface area contributed by atoms with Crippen LogP contribution in [0.2, 0.25) is 0 Å². The summed E-state index contributed by atoms with van der Waals surface area (Å²) in [4.78, 5) is 24.9. The number of halogens is 1. The Morgan fingerprint density at radius 1 is 1.12 bits per heavy atom. The lowest BCUT2D eigenvalue weighted by atomic mass is 10.2. The van der Waals surface area contributed by atoms with E-state index >= 15 is 0 Å². The highest BCUT2D eigenvalue weighted by Crippen LogP contribution is 2.30. The fourth-order valence-corrected chi connectivity index (χ4v) is 4.42. The molecule has 5 heterocycles. The number of alkyl halides is 1. The molecule has 0 aliphatic carbocycles. The largest absolute Gasteiger partial charge is 0.387 e. The summed E-state index contributed by atoms with van der Waals surface area (Å²) in [5.74, 6) is 1.63. The first-order valence-electron chi connectivity index (χ1n) is 11.8. The third-order valence-corrected chi connectivity index (χ3v) is 6.49. The Balaban J connectivity index is 1.35. The molecule has 34 heavy (non-hydrogen) atoms. The molecule has 2 N–H and O–H groups in total. The summed E-state index contributed by atoms with van der Waals surface area (Å²) < 4.78 is 13.9. The van der Waals surface area contributed by atoms with Crippen molar-refractivity contribution in [1.82, 2.24) is 29.7 Å². The predicted octanol–water partition coefficient (Wildman–Crippen LogP) is 2.51. The van der Waals surface area contributed by atoms with Gasteiger partial charge in [0.2, 0.25) is 5.95 Å². The summed E-state index contributed by atoms with van der Waals surface area (Å²) in [5, 5.41) is 14.0. The second-order valence-corrected chi connectivity index (χ2v) is 9.27. The lowest BCUT2D eigenvalue weighted by Crippen LogP contribution is -2.43. The third kappa shape index (κ3) is 5.08. The normalized spacial score (nSPS) is 20.7. The van der Waals surface area contributed by atoms with Gasteiger partial charge in [0, 0.05) is 57.0 Å². The number of hydrogen-bond donors (Lipinski definition) is 2. The topological polar surface area (TPSA) is 93.5 Å².